The molecule has 4 N–H and O–H groups in total. The molecule has 18 heavy (non-hydrogen) atoms. The number of nitrogens with one attached hydrogen (secondary N) is 2. The van der Waals surface area contributed by atoms with Gasteiger partial charge in [0.1, 0.15) is 5.82 Å². The minimum absolute atomic E-state index is 0.0306. The third-order valence-corrected chi connectivity index (χ3v) is 3.46. The van der Waals surface area contributed by atoms with Crippen LogP contribution in [0.2, 0.25) is 0 Å². The molecule has 7 heteroatoms. The second-order valence-electron chi connectivity index (χ2n) is 4.98. The average Bonchev–Trinajstić information content (AvgIpc) is 2.33. The first-order valence-electron chi connectivity index (χ1n) is 5.90. The summed E-state index contributed by atoms with van der Waals surface area (Å²) in [6.07, 6.45) is 3.50. The number of anilines is 2. The first-order chi connectivity index (χ1) is 8.54. The van der Waals surface area contributed by atoms with Crippen LogP contribution in [0.25, 0.3) is 0 Å². The van der Waals surface area contributed by atoms with Crippen LogP contribution < -0.4 is 16.6 Å². The summed E-state index contributed by atoms with van der Waals surface area (Å²) < 4.78 is 0. The molecule has 7 nitrogen and oxygen atoms in total. The molecule has 1 fully saturated rings. The van der Waals surface area contributed by atoms with Gasteiger partial charge in [-0.2, -0.15) is 0 Å². The second-order valence-corrected chi connectivity index (χ2v) is 4.98. The zero-order chi connectivity index (χ0) is 13.2. The number of hydrogen-bond donors (Lipinski definition) is 3. The van der Waals surface area contributed by atoms with Crippen molar-refractivity contribution in [1.82, 2.24) is 4.98 Å². The number of nitrogens with zero attached hydrogens (tertiary/aromatic N) is 2. The van der Waals surface area contributed by atoms with Gasteiger partial charge in [0.05, 0.1) is 4.92 Å². The molecule has 0 aliphatic heterocycles. The molecule has 0 bridgehead atoms. The Bertz CT molecular complexity index is 459. The van der Waals surface area contributed by atoms with Gasteiger partial charge in [0.15, 0.2) is 0 Å². The maximum Gasteiger partial charge on any atom is 0.311 e. The molecule has 0 spiro atoms. The molecule has 0 saturated heterocycles. The van der Waals surface area contributed by atoms with Gasteiger partial charge in [0.2, 0.25) is 5.82 Å². The van der Waals surface area contributed by atoms with Gasteiger partial charge in [-0.15, -0.1) is 0 Å². The first kappa shape index (κ1) is 12.6. The number of hydrogen-bond acceptors (Lipinski definition) is 6. The van der Waals surface area contributed by atoms with E-state index in [1.807, 2.05) is 0 Å². The highest BCUT2D eigenvalue weighted by Gasteiger charge is 2.32. The minimum Gasteiger partial charge on any atom is -0.364 e. The molecule has 0 atom stereocenters. The van der Waals surface area contributed by atoms with E-state index >= 15 is 0 Å². The van der Waals surface area contributed by atoms with Gasteiger partial charge in [-0.1, -0.05) is 13.3 Å². The van der Waals surface area contributed by atoms with Gasteiger partial charge in [-0.3, -0.25) is 10.1 Å². The summed E-state index contributed by atoms with van der Waals surface area (Å²) in [6.45, 7) is 2.86. The number of hydrazine groups is 1. The summed E-state index contributed by atoms with van der Waals surface area (Å²) in [5.41, 5.74) is 2.58. The SMILES string of the molecule is CC1(CNc2nc(NN)ccc2[N+](=O)[O-])CCC1. The molecule has 0 aromatic carbocycles. The number of rotatable bonds is 5. The van der Waals surface area contributed by atoms with E-state index in [-0.39, 0.29) is 16.9 Å². The van der Waals surface area contributed by atoms with Crippen LogP contribution in [0.15, 0.2) is 12.1 Å². The molecule has 1 aromatic heterocycles. The Morgan fingerprint density at radius 1 is 1.56 bits per heavy atom. The van der Waals surface area contributed by atoms with Crippen LogP contribution in [-0.4, -0.2) is 16.5 Å². The summed E-state index contributed by atoms with van der Waals surface area (Å²) in [5, 5.41) is 14.0. The zero-order valence-corrected chi connectivity index (χ0v) is 10.3. The maximum absolute atomic E-state index is 10.9. The van der Waals surface area contributed by atoms with Crippen molar-refractivity contribution in [2.75, 3.05) is 17.3 Å². The molecule has 0 radical (unpaired) electrons. The predicted octanol–water partition coefficient (Wildman–Crippen LogP) is 1.88. The Hall–Kier alpha value is -1.89. The van der Waals surface area contributed by atoms with Crippen LogP contribution in [-0.2, 0) is 0 Å². The molecule has 1 aliphatic rings. The average molecular weight is 251 g/mol. The van der Waals surface area contributed by atoms with Crippen molar-refractivity contribution in [2.24, 2.45) is 11.3 Å². The van der Waals surface area contributed by atoms with E-state index in [0.29, 0.717) is 12.4 Å². The van der Waals surface area contributed by atoms with Gasteiger partial charge < -0.3 is 10.7 Å². The lowest BCUT2D eigenvalue weighted by molar-refractivity contribution is -0.384. The number of pyridine rings is 1. The summed E-state index contributed by atoms with van der Waals surface area (Å²) in [6, 6.07) is 2.88. The van der Waals surface area contributed by atoms with E-state index in [0.717, 1.165) is 12.8 Å². The fourth-order valence-electron chi connectivity index (χ4n) is 2.06. The first-order valence-corrected chi connectivity index (χ1v) is 5.90. The van der Waals surface area contributed by atoms with E-state index in [9.17, 15) is 10.1 Å². The van der Waals surface area contributed by atoms with Crippen molar-refractivity contribution in [3.63, 3.8) is 0 Å². The third-order valence-electron chi connectivity index (χ3n) is 3.46. The fourth-order valence-corrected chi connectivity index (χ4v) is 2.06. The van der Waals surface area contributed by atoms with Crippen LogP contribution in [0, 0.1) is 15.5 Å². The lowest BCUT2D eigenvalue weighted by atomic mass is 9.70. The van der Waals surface area contributed by atoms with E-state index in [1.165, 1.54) is 18.6 Å². The van der Waals surface area contributed by atoms with E-state index in [4.69, 9.17) is 5.84 Å². The van der Waals surface area contributed by atoms with Crippen LogP contribution in [0.1, 0.15) is 26.2 Å². The van der Waals surface area contributed by atoms with Crippen molar-refractivity contribution in [3.05, 3.63) is 22.2 Å². The van der Waals surface area contributed by atoms with Crippen molar-refractivity contribution in [3.8, 4) is 0 Å². The molecule has 98 valence electrons. The molecule has 1 heterocycles. The van der Waals surface area contributed by atoms with Crippen LogP contribution >= 0.6 is 0 Å². The Morgan fingerprint density at radius 3 is 2.78 bits per heavy atom. The van der Waals surface area contributed by atoms with Crippen molar-refractivity contribution in [2.45, 2.75) is 26.2 Å². The molecule has 1 aliphatic carbocycles. The zero-order valence-electron chi connectivity index (χ0n) is 10.3. The summed E-state index contributed by atoms with van der Waals surface area (Å²) in [7, 11) is 0. The number of aromatic nitrogens is 1. The molecule has 0 unspecified atom stereocenters. The Kier molecular flexibility index (Phi) is 3.33. The molecule has 2 rings (SSSR count). The molecule has 1 aromatic rings. The highest BCUT2D eigenvalue weighted by molar-refractivity contribution is 5.60. The van der Waals surface area contributed by atoms with E-state index in [1.54, 1.807) is 0 Å². The Labute approximate surface area is 105 Å². The topological polar surface area (TPSA) is 106 Å². The third kappa shape index (κ3) is 2.51. The van der Waals surface area contributed by atoms with Gasteiger partial charge in [-0.05, 0) is 24.3 Å². The van der Waals surface area contributed by atoms with Gasteiger partial charge in [0.25, 0.3) is 0 Å². The Morgan fingerprint density at radius 2 is 2.28 bits per heavy atom. The minimum atomic E-state index is -0.446. The summed E-state index contributed by atoms with van der Waals surface area (Å²) in [4.78, 5) is 14.5. The monoisotopic (exact) mass is 251 g/mol. The maximum atomic E-state index is 10.9. The molecule has 1 saturated carbocycles. The largest absolute Gasteiger partial charge is 0.364 e. The van der Waals surface area contributed by atoms with Crippen molar-refractivity contribution < 1.29 is 4.92 Å². The van der Waals surface area contributed by atoms with E-state index in [2.05, 4.69) is 22.7 Å². The van der Waals surface area contributed by atoms with Crippen LogP contribution in [0.4, 0.5) is 17.3 Å². The van der Waals surface area contributed by atoms with Crippen molar-refractivity contribution >= 4 is 17.3 Å². The van der Waals surface area contributed by atoms with Crippen LogP contribution in [0.5, 0.6) is 0 Å². The normalized spacial score (nSPS) is 16.8. The number of nitrogen functional groups attached to an aromatic ring is 1. The summed E-state index contributed by atoms with van der Waals surface area (Å²) >= 11 is 0. The lowest BCUT2D eigenvalue weighted by Gasteiger charge is -2.38. The number of nitrogens with two attached hydrogens (primary N) is 1. The second kappa shape index (κ2) is 4.77. The van der Waals surface area contributed by atoms with Gasteiger partial charge in [0, 0.05) is 12.6 Å². The summed E-state index contributed by atoms with van der Waals surface area (Å²) in [5.74, 6) is 5.93. The van der Waals surface area contributed by atoms with Gasteiger partial charge in [-0.25, -0.2) is 10.8 Å². The van der Waals surface area contributed by atoms with Gasteiger partial charge >= 0.3 is 5.69 Å². The highest BCUT2D eigenvalue weighted by atomic mass is 16.6. The molecular formula is C11H17N5O2. The van der Waals surface area contributed by atoms with Crippen LogP contribution in [0.3, 0.4) is 0 Å². The quantitative estimate of drug-likeness (QED) is 0.419. The highest BCUT2D eigenvalue weighted by Crippen LogP contribution is 2.40. The predicted molar refractivity (Wildman–Crippen MR) is 69.1 cm³/mol. The van der Waals surface area contributed by atoms with E-state index < -0.39 is 4.92 Å². The standard InChI is InChI=1S/C11H17N5O2/c1-11(5-2-6-11)7-13-10-8(16(17)18)3-4-9(14-10)15-12/h3-4H,2,5-7,12H2,1H3,(H2,13,14,15). The lowest BCUT2D eigenvalue weighted by Crippen LogP contribution is -2.33. The molecule has 0 amide bonds. The molecular weight excluding hydrogens is 234 g/mol. The van der Waals surface area contributed by atoms with Crippen molar-refractivity contribution in [1.29, 1.82) is 0 Å². The smallest absolute Gasteiger partial charge is 0.311 e. The number of nitro groups is 1. The fraction of sp³-hybridized carbons (Fsp3) is 0.545. The Balaban J connectivity index is 2.15.